The van der Waals surface area contributed by atoms with Crippen molar-refractivity contribution in [2.45, 2.75) is 6.61 Å². The molecule has 0 radical (unpaired) electrons. The van der Waals surface area contributed by atoms with Gasteiger partial charge in [0.05, 0.1) is 28.7 Å². The van der Waals surface area contributed by atoms with Gasteiger partial charge in [-0.3, -0.25) is 9.59 Å². The lowest BCUT2D eigenvalue weighted by molar-refractivity contribution is 0.101. The maximum Gasteiger partial charge on any atom is 0.280 e. The summed E-state index contributed by atoms with van der Waals surface area (Å²) in [4.78, 5) is 24.9. The SMILES string of the molecule is COCc1cc(=O)c(C(=O)Nc2cccc(Cl)c2F)nn1-c1ccccc1. The van der Waals surface area contributed by atoms with Crippen LogP contribution in [0, 0.1) is 5.82 Å². The van der Waals surface area contributed by atoms with E-state index in [2.05, 4.69) is 10.4 Å². The molecule has 0 aliphatic rings. The molecule has 1 N–H and O–H groups in total. The van der Waals surface area contributed by atoms with Crippen LogP contribution in [-0.4, -0.2) is 22.8 Å². The number of carbonyl (C=O) groups excluding carboxylic acids is 1. The second-order valence-electron chi connectivity index (χ2n) is 5.58. The first-order valence-electron chi connectivity index (χ1n) is 7.94. The number of aromatic nitrogens is 2. The van der Waals surface area contributed by atoms with Crippen LogP contribution >= 0.6 is 11.6 Å². The van der Waals surface area contributed by atoms with E-state index in [9.17, 15) is 14.0 Å². The van der Waals surface area contributed by atoms with Gasteiger partial charge in [-0.15, -0.1) is 0 Å². The average molecular weight is 388 g/mol. The van der Waals surface area contributed by atoms with E-state index in [-0.39, 0.29) is 23.0 Å². The molecule has 3 aromatic rings. The van der Waals surface area contributed by atoms with Crippen molar-refractivity contribution in [3.8, 4) is 5.69 Å². The molecule has 138 valence electrons. The third-order valence-corrected chi connectivity index (χ3v) is 4.00. The average Bonchev–Trinajstić information content (AvgIpc) is 2.66. The molecule has 8 heteroatoms. The highest BCUT2D eigenvalue weighted by atomic mass is 35.5. The zero-order valence-electron chi connectivity index (χ0n) is 14.3. The third kappa shape index (κ3) is 4.05. The van der Waals surface area contributed by atoms with Crippen molar-refractivity contribution in [3.63, 3.8) is 0 Å². The van der Waals surface area contributed by atoms with Crippen LogP contribution in [0.2, 0.25) is 5.02 Å². The molecule has 0 fully saturated rings. The Morgan fingerprint density at radius 1 is 1.22 bits per heavy atom. The summed E-state index contributed by atoms with van der Waals surface area (Å²) in [6.45, 7) is 0.127. The number of nitrogens with zero attached hydrogens (tertiary/aromatic N) is 2. The topological polar surface area (TPSA) is 73.2 Å². The van der Waals surface area contributed by atoms with Crippen molar-refractivity contribution >= 4 is 23.2 Å². The summed E-state index contributed by atoms with van der Waals surface area (Å²) >= 11 is 5.71. The Hall–Kier alpha value is -3.03. The number of ether oxygens (including phenoxy) is 1. The highest BCUT2D eigenvalue weighted by molar-refractivity contribution is 6.31. The van der Waals surface area contributed by atoms with Crippen molar-refractivity contribution < 1.29 is 13.9 Å². The molecule has 0 atom stereocenters. The number of nitrogens with one attached hydrogen (secondary N) is 1. The molecule has 27 heavy (non-hydrogen) atoms. The lowest BCUT2D eigenvalue weighted by Gasteiger charge is -2.13. The van der Waals surface area contributed by atoms with E-state index < -0.39 is 17.2 Å². The van der Waals surface area contributed by atoms with Crippen molar-refractivity contribution in [1.29, 1.82) is 0 Å². The summed E-state index contributed by atoms with van der Waals surface area (Å²) in [5.41, 5.74) is -0.0000923. The van der Waals surface area contributed by atoms with Gasteiger partial charge in [0.15, 0.2) is 11.5 Å². The van der Waals surface area contributed by atoms with E-state index in [4.69, 9.17) is 16.3 Å². The van der Waals surface area contributed by atoms with E-state index >= 15 is 0 Å². The third-order valence-electron chi connectivity index (χ3n) is 3.71. The normalized spacial score (nSPS) is 10.6. The summed E-state index contributed by atoms with van der Waals surface area (Å²) in [7, 11) is 1.49. The Labute approximate surface area is 159 Å². The fourth-order valence-electron chi connectivity index (χ4n) is 2.48. The molecule has 1 amide bonds. The number of rotatable bonds is 5. The van der Waals surface area contributed by atoms with Crippen molar-refractivity contribution in [3.05, 3.63) is 87.0 Å². The second kappa shape index (κ2) is 8.11. The molecule has 0 bridgehead atoms. The molecular formula is C19H15ClFN3O3. The zero-order chi connectivity index (χ0) is 19.4. The molecule has 0 spiro atoms. The standard InChI is InChI=1S/C19H15ClFN3O3/c1-27-11-13-10-16(25)18(23-24(13)12-6-3-2-4-7-12)19(26)22-15-9-5-8-14(20)17(15)21/h2-10H,11H2,1H3,(H,22,26). The monoisotopic (exact) mass is 387 g/mol. The van der Waals surface area contributed by atoms with Gasteiger partial charge in [-0.2, -0.15) is 5.10 Å². The van der Waals surface area contributed by atoms with Crippen LogP contribution in [0.25, 0.3) is 5.69 Å². The van der Waals surface area contributed by atoms with Gasteiger partial charge in [0, 0.05) is 13.2 Å². The fraction of sp³-hybridized carbons (Fsp3) is 0.105. The molecule has 0 aliphatic carbocycles. The number of hydrogen-bond acceptors (Lipinski definition) is 4. The van der Waals surface area contributed by atoms with Gasteiger partial charge in [0.1, 0.15) is 0 Å². The molecule has 0 saturated heterocycles. The molecule has 3 rings (SSSR count). The molecule has 0 aliphatic heterocycles. The predicted octanol–water partition coefficient (Wildman–Crippen LogP) is 3.42. The molecule has 2 aromatic carbocycles. The number of anilines is 1. The Bertz CT molecular complexity index is 1040. The van der Waals surface area contributed by atoms with E-state index in [1.807, 2.05) is 6.07 Å². The van der Waals surface area contributed by atoms with Crippen molar-refractivity contribution in [2.75, 3.05) is 12.4 Å². The van der Waals surface area contributed by atoms with E-state index in [1.54, 1.807) is 24.3 Å². The number of amides is 1. The number of carbonyl (C=O) groups is 1. The highest BCUT2D eigenvalue weighted by Gasteiger charge is 2.18. The highest BCUT2D eigenvalue weighted by Crippen LogP contribution is 2.22. The van der Waals surface area contributed by atoms with E-state index in [1.165, 1.54) is 36.1 Å². The maximum atomic E-state index is 14.0. The van der Waals surface area contributed by atoms with Crippen LogP contribution in [0.1, 0.15) is 16.2 Å². The summed E-state index contributed by atoms with van der Waals surface area (Å²) in [5, 5.41) is 6.36. The Morgan fingerprint density at radius 3 is 2.67 bits per heavy atom. The van der Waals surface area contributed by atoms with E-state index in [0.29, 0.717) is 11.4 Å². The van der Waals surface area contributed by atoms with Crippen LogP contribution in [0.5, 0.6) is 0 Å². The van der Waals surface area contributed by atoms with Crippen LogP contribution in [0.4, 0.5) is 10.1 Å². The number of benzene rings is 2. The zero-order valence-corrected chi connectivity index (χ0v) is 15.0. The molecule has 1 aromatic heterocycles. The maximum absolute atomic E-state index is 14.0. The quantitative estimate of drug-likeness (QED) is 0.728. The minimum Gasteiger partial charge on any atom is -0.378 e. The minimum absolute atomic E-state index is 0.127. The van der Waals surface area contributed by atoms with Gasteiger partial charge in [-0.25, -0.2) is 9.07 Å². The number of methoxy groups -OCH3 is 1. The molecule has 0 saturated carbocycles. The van der Waals surface area contributed by atoms with Crippen LogP contribution in [0.15, 0.2) is 59.4 Å². The van der Waals surface area contributed by atoms with Crippen LogP contribution in [0.3, 0.4) is 0 Å². The number of hydrogen-bond donors (Lipinski definition) is 1. The van der Waals surface area contributed by atoms with Gasteiger partial charge in [0.25, 0.3) is 5.91 Å². The predicted molar refractivity (Wildman–Crippen MR) is 99.9 cm³/mol. The van der Waals surface area contributed by atoms with Crippen molar-refractivity contribution in [1.82, 2.24) is 9.78 Å². The van der Waals surface area contributed by atoms with Crippen molar-refractivity contribution in [2.24, 2.45) is 0 Å². The smallest absolute Gasteiger partial charge is 0.280 e. The minimum atomic E-state index is -0.838. The molecule has 0 unspecified atom stereocenters. The first-order valence-corrected chi connectivity index (χ1v) is 8.32. The Morgan fingerprint density at radius 2 is 1.96 bits per heavy atom. The van der Waals surface area contributed by atoms with Gasteiger partial charge in [0.2, 0.25) is 5.43 Å². The summed E-state index contributed by atoms with van der Waals surface area (Å²) in [5.74, 6) is -1.62. The Kier molecular flexibility index (Phi) is 5.63. The van der Waals surface area contributed by atoms with Gasteiger partial charge >= 0.3 is 0 Å². The van der Waals surface area contributed by atoms with Crippen LogP contribution in [-0.2, 0) is 11.3 Å². The lowest BCUT2D eigenvalue weighted by atomic mass is 10.2. The molecular weight excluding hydrogens is 373 g/mol. The molecule has 6 nitrogen and oxygen atoms in total. The van der Waals surface area contributed by atoms with E-state index in [0.717, 1.165) is 0 Å². The van der Waals surface area contributed by atoms with Crippen LogP contribution < -0.4 is 10.7 Å². The first kappa shape index (κ1) is 18.8. The Balaban J connectivity index is 2.04. The number of para-hydroxylation sites is 1. The molecule has 1 heterocycles. The number of halogens is 2. The van der Waals surface area contributed by atoms with Gasteiger partial charge in [-0.05, 0) is 24.3 Å². The van der Waals surface area contributed by atoms with Gasteiger partial charge < -0.3 is 10.1 Å². The summed E-state index contributed by atoms with van der Waals surface area (Å²) in [6.07, 6.45) is 0. The lowest BCUT2D eigenvalue weighted by Crippen LogP contribution is -2.28. The first-order chi connectivity index (χ1) is 13.0. The second-order valence-corrected chi connectivity index (χ2v) is 5.99. The fourth-order valence-corrected chi connectivity index (χ4v) is 2.65. The summed E-state index contributed by atoms with van der Waals surface area (Å²) in [6, 6.07) is 14.4. The largest absolute Gasteiger partial charge is 0.378 e. The summed E-state index contributed by atoms with van der Waals surface area (Å²) < 4.78 is 20.6. The van der Waals surface area contributed by atoms with Gasteiger partial charge in [-0.1, -0.05) is 35.9 Å².